The van der Waals surface area contributed by atoms with Crippen LogP contribution in [-0.2, 0) is 0 Å². The Bertz CT molecular complexity index is 645. The van der Waals surface area contributed by atoms with E-state index in [0.29, 0.717) is 5.56 Å². The maximum Gasteiger partial charge on any atom is 0.0991 e. The number of benzene rings is 2. The number of hydrogen-bond acceptors (Lipinski definition) is 1. The van der Waals surface area contributed by atoms with Gasteiger partial charge in [-0.1, -0.05) is 36.9 Å². The van der Waals surface area contributed by atoms with Crippen molar-refractivity contribution in [2.45, 2.75) is 0 Å². The van der Waals surface area contributed by atoms with Gasteiger partial charge in [-0.05, 0) is 40.0 Å². The zero-order valence-corrected chi connectivity index (χ0v) is 8.70. The second kappa shape index (κ2) is 3.08. The summed E-state index contributed by atoms with van der Waals surface area (Å²) in [6.45, 7) is 4.10. The molecule has 0 saturated carbocycles. The van der Waals surface area contributed by atoms with Crippen LogP contribution in [0.5, 0.6) is 0 Å². The molecular formula is C15H9N. The molecule has 2 aromatic rings. The Kier molecular flexibility index (Phi) is 1.72. The molecule has 3 rings (SSSR count). The monoisotopic (exact) mass is 203 g/mol. The zero-order chi connectivity index (χ0) is 11.1. The maximum atomic E-state index is 8.89. The normalized spacial score (nSPS) is 11.8. The minimum absolute atomic E-state index is 0.688. The van der Waals surface area contributed by atoms with E-state index >= 15 is 0 Å². The highest BCUT2D eigenvalue weighted by molar-refractivity contribution is 6.00. The molecule has 0 spiro atoms. The Morgan fingerprint density at radius 1 is 0.875 bits per heavy atom. The van der Waals surface area contributed by atoms with Crippen molar-refractivity contribution in [2.24, 2.45) is 0 Å². The summed E-state index contributed by atoms with van der Waals surface area (Å²) >= 11 is 0. The van der Waals surface area contributed by atoms with Crippen LogP contribution in [-0.4, -0.2) is 0 Å². The van der Waals surface area contributed by atoms with Crippen LogP contribution in [0.1, 0.15) is 16.7 Å². The van der Waals surface area contributed by atoms with Gasteiger partial charge in [0.15, 0.2) is 0 Å². The van der Waals surface area contributed by atoms with Gasteiger partial charge in [0.1, 0.15) is 0 Å². The number of fused-ring (bicyclic) bond motifs is 3. The smallest absolute Gasteiger partial charge is 0.0991 e. The second-order valence-electron chi connectivity index (χ2n) is 3.90. The van der Waals surface area contributed by atoms with Crippen molar-refractivity contribution in [3.63, 3.8) is 0 Å². The molecule has 16 heavy (non-hydrogen) atoms. The largest absolute Gasteiger partial charge is 0.192 e. The molecule has 1 heteroatoms. The van der Waals surface area contributed by atoms with Gasteiger partial charge >= 0.3 is 0 Å². The fraction of sp³-hybridized carbons (Fsp3) is 0. The lowest BCUT2D eigenvalue weighted by molar-refractivity contribution is 1.48. The third kappa shape index (κ3) is 1.04. The van der Waals surface area contributed by atoms with E-state index in [2.05, 4.69) is 24.8 Å². The minimum Gasteiger partial charge on any atom is -0.192 e. The number of hydrogen-bond donors (Lipinski definition) is 0. The van der Waals surface area contributed by atoms with Gasteiger partial charge in [-0.3, -0.25) is 0 Å². The van der Waals surface area contributed by atoms with Crippen molar-refractivity contribution in [1.82, 2.24) is 0 Å². The Morgan fingerprint density at radius 2 is 1.56 bits per heavy atom. The number of rotatable bonds is 0. The van der Waals surface area contributed by atoms with Gasteiger partial charge in [0, 0.05) is 0 Å². The van der Waals surface area contributed by atoms with Crippen LogP contribution in [0, 0.1) is 11.3 Å². The lowest BCUT2D eigenvalue weighted by Crippen LogP contribution is -1.81. The zero-order valence-electron chi connectivity index (χ0n) is 8.70. The maximum absolute atomic E-state index is 8.89. The fourth-order valence-corrected chi connectivity index (χ4v) is 2.22. The first-order valence-corrected chi connectivity index (χ1v) is 5.14. The van der Waals surface area contributed by atoms with E-state index in [1.54, 1.807) is 0 Å². The molecule has 0 atom stereocenters. The molecular weight excluding hydrogens is 194 g/mol. The van der Waals surface area contributed by atoms with E-state index in [1.165, 1.54) is 16.7 Å². The molecule has 0 unspecified atom stereocenters. The lowest BCUT2D eigenvalue weighted by Gasteiger charge is -1.99. The summed E-state index contributed by atoms with van der Waals surface area (Å²) in [5.74, 6) is 0. The van der Waals surface area contributed by atoms with Crippen molar-refractivity contribution >= 4 is 5.57 Å². The van der Waals surface area contributed by atoms with Gasteiger partial charge in [-0.15, -0.1) is 0 Å². The van der Waals surface area contributed by atoms with Crippen LogP contribution in [0.2, 0.25) is 0 Å². The summed E-state index contributed by atoms with van der Waals surface area (Å²) in [4.78, 5) is 0. The summed E-state index contributed by atoms with van der Waals surface area (Å²) < 4.78 is 0. The Labute approximate surface area is 94.3 Å². The Hall–Kier alpha value is -2.33. The average Bonchev–Trinajstić information content (AvgIpc) is 2.64. The highest BCUT2D eigenvalue weighted by Crippen LogP contribution is 2.43. The third-order valence-electron chi connectivity index (χ3n) is 3.02. The highest BCUT2D eigenvalue weighted by atomic mass is 14.3. The van der Waals surface area contributed by atoms with Crippen molar-refractivity contribution in [3.8, 4) is 17.2 Å². The quantitative estimate of drug-likeness (QED) is 0.547. The van der Waals surface area contributed by atoms with Crippen LogP contribution < -0.4 is 0 Å². The first-order valence-electron chi connectivity index (χ1n) is 5.14. The molecule has 1 aliphatic rings. The van der Waals surface area contributed by atoms with Crippen LogP contribution >= 0.6 is 0 Å². The molecule has 0 amide bonds. The van der Waals surface area contributed by atoms with Gasteiger partial charge in [-0.25, -0.2) is 0 Å². The predicted molar refractivity (Wildman–Crippen MR) is 64.7 cm³/mol. The minimum atomic E-state index is 0.688. The van der Waals surface area contributed by atoms with Crippen LogP contribution in [0.15, 0.2) is 49.0 Å². The van der Waals surface area contributed by atoms with E-state index in [4.69, 9.17) is 5.26 Å². The molecule has 0 saturated heterocycles. The van der Waals surface area contributed by atoms with Gasteiger partial charge in [0.05, 0.1) is 11.6 Å². The molecule has 0 heterocycles. The van der Waals surface area contributed by atoms with Gasteiger partial charge in [-0.2, -0.15) is 5.26 Å². The average molecular weight is 203 g/mol. The summed E-state index contributed by atoms with van der Waals surface area (Å²) in [5, 5.41) is 8.89. The topological polar surface area (TPSA) is 23.8 Å². The molecule has 0 bridgehead atoms. The molecule has 0 aliphatic heterocycles. The molecule has 0 radical (unpaired) electrons. The standard InChI is InChI=1S/C15H9N/c1-10-12-4-2-3-5-13(12)14-7-6-11(9-16)8-15(10)14/h2-8H,1H2. The van der Waals surface area contributed by atoms with Crippen molar-refractivity contribution in [1.29, 1.82) is 5.26 Å². The molecule has 74 valence electrons. The van der Waals surface area contributed by atoms with Crippen molar-refractivity contribution in [2.75, 3.05) is 0 Å². The fourth-order valence-electron chi connectivity index (χ4n) is 2.22. The molecule has 0 N–H and O–H groups in total. The third-order valence-corrected chi connectivity index (χ3v) is 3.02. The van der Waals surface area contributed by atoms with Crippen molar-refractivity contribution < 1.29 is 0 Å². The highest BCUT2D eigenvalue weighted by Gasteiger charge is 2.21. The molecule has 1 aliphatic carbocycles. The Morgan fingerprint density at radius 3 is 2.31 bits per heavy atom. The predicted octanol–water partition coefficient (Wildman–Crippen LogP) is 3.60. The second-order valence-corrected chi connectivity index (χ2v) is 3.90. The summed E-state index contributed by atoms with van der Waals surface area (Å²) in [5.41, 5.74) is 6.36. The van der Waals surface area contributed by atoms with E-state index < -0.39 is 0 Å². The van der Waals surface area contributed by atoms with Crippen LogP contribution in [0.4, 0.5) is 0 Å². The summed E-state index contributed by atoms with van der Waals surface area (Å²) in [6, 6.07) is 16.1. The van der Waals surface area contributed by atoms with E-state index in [-0.39, 0.29) is 0 Å². The molecule has 0 fully saturated rings. The van der Waals surface area contributed by atoms with E-state index in [9.17, 15) is 0 Å². The van der Waals surface area contributed by atoms with Crippen LogP contribution in [0.3, 0.4) is 0 Å². The van der Waals surface area contributed by atoms with E-state index in [1.807, 2.05) is 30.3 Å². The molecule has 2 aromatic carbocycles. The van der Waals surface area contributed by atoms with Gasteiger partial charge in [0.2, 0.25) is 0 Å². The SMILES string of the molecule is C=C1c2ccccc2-c2ccc(C#N)cc21. The number of nitriles is 1. The van der Waals surface area contributed by atoms with Crippen molar-refractivity contribution in [3.05, 3.63) is 65.7 Å². The molecule has 0 aromatic heterocycles. The molecule has 1 nitrogen and oxygen atoms in total. The first kappa shape index (κ1) is 8.94. The summed E-state index contributed by atoms with van der Waals surface area (Å²) in [7, 11) is 0. The van der Waals surface area contributed by atoms with Gasteiger partial charge in [0.25, 0.3) is 0 Å². The number of nitrogens with zero attached hydrogens (tertiary/aromatic N) is 1. The summed E-state index contributed by atoms with van der Waals surface area (Å²) in [6.07, 6.45) is 0. The van der Waals surface area contributed by atoms with Crippen LogP contribution in [0.25, 0.3) is 16.7 Å². The van der Waals surface area contributed by atoms with E-state index in [0.717, 1.165) is 11.1 Å². The van der Waals surface area contributed by atoms with Gasteiger partial charge < -0.3 is 0 Å². The lowest BCUT2D eigenvalue weighted by atomic mass is 10.0. The Balaban J connectivity index is 2.34. The first-order chi connectivity index (χ1) is 7.81.